The molecule has 0 bridgehead atoms. The quantitative estimate of drug-likeness (QED) is 0.775. The van der Waals surface area contributed by atoms with Crippen molar-refractivity contribution in [3.63, 3.8) is 0 Å². The molecule has 14 heavy (non-hydrogen) atoms. The summed E-state index contributed by atoms with van der Waals surface area (Å²) in [7, 11) is 1.89. The molecule has 1 aromatic carbocycles. The van der Waals surface area contributed by atoms with Crippen LogP contribution in [0.2, 0.25) is 10.0 Å². The minimum absolute atomic E-state index is 0.179. The van der Waals surface area contributed by atoms with Gasteiger partial charge in [0.25, 0.3) is 0 Å². The fourth-order valence-electron chi connectivity index (χ4n) is 1.35. The average molecular weight is 230 g/mol. The molecule has 0 saturated carbocycles. The van der Waals surface area contributed by atoms with Crippen molar-refractivity contribution in [3.05, 3.63) is 46.5 Å². The SMILES string of the molecule is C=CCC(NC)c1cc(Cl)ccc1Cl. The van der Waals surface area contributed by atoms with E-state index in [1.54, 1.807) is 6.07 Å². The van der Waals surface area contributed by atoms with Crippen LogP contribution >= 0.6 is 23.2 Å². The van der Waals surface area contributed by atoms with E-state index < -0.39 is 0 Å². The third-order valence-corrected chi connectivity index (χ3v) is 2.66. The molecular weight excluding hydrogens is 217 g/mol. The van der Waals surface area contributed by atoms with Gasteiger partial charge in [0.2, 0.25) is 0 Å². The van der Waals surface area contributed by atoms with Crippen LogP contribution in [0.4, 0.5) is 0 Å². The predicted octanol–water partition coefficient (Wildman–Crippen LogP) is 3.83. The Kier molecular flexibility index (Phi) is 4.46. The predicted molar refractivity (Wildman–Crippen MR) is 63.1 cm³/mol. The molecule has 0 amide bonds. The van der Waals surface area contributed by atoms with E-state index in [-0.39, 0.29) is 6.04 Å². The summed E-state index contributed by atoms with van der Waals surface area (Å²) in [5.41, 5.74) is 1.02. The summed E-state index contributed by atoms with van der Waals surface area (Å²) in [5.74, 6) is 0. The second kappa shape index (κ2) is 5.40. The first-order chi connectivity index (χ1) is 6.69. The Hall–Kier alpha value is -0.500. The van der Waals surface area contributed by atoms with Gasteiger partial charge < -0.3 is 5.32 Å². The molecule has 3 heteroatoms. The monoisotopic (exact) mass is 229 g/mol. The third kappa shape index (κ3) is 2.74. The molecule has 1 atom stereocenters. The highest BCUT2D eigenvalue weighted by molar-refractivity contribution is 6.33. The van der Waals surface area contributed by atoms with Crippen LogP contribution in [0.5, 0.6) is 0 Å². The van der Waals surface area contributed by atoms with Crippen LogP contribution in [0.15, 0.2) is 30.9 Å². The number of rotatable bonds is 4. The topological polar surface area (TPSA) is 12.0 Å². The van der Waals surface area contributed by atoms with E-state index in [0.29, 0.717) is 5.02 Å². The largest absolute Gasteiger partial charge is 0.313 e. The van der Waals surface area contributed by atoms with E-state index in [9.17, 15) is 0 Å². The molecule has 1 unspecified atom stereocenters. The fourth-order valence-corrected chi connectivity index (χ4v) is 1.78. The molecule has 0 fully saturated rings. The van der Waals surface area contributed by atoms with Gasteiger partial charge >= 0.3 is 0 Å². The first-order valence-electron chi connectivity index (χ1n) is 4.42. The zero-order chi connectivity index (χ0) is 10.6. The van der Waals surface area contributed by atoms with E-state index >= 15 is 0 Å². The van der Waals surface area contributed by atoms with E-state index in [1.165, 1.54) is 0 Å². The maximum absolute atomic E-state index is 6.07. The van der Waals surface area contributed by atoms with E-state index in [4.69, 9.17) is 23.2 Å². The lowest BCUT2D eigenvalue weighted by atomic mass is 10.0. The van der Waals surface area contributed by atoms with Gasteiger partial charge in [0.15, 0.2) is 0 Å². The number of hydrogen-bond donors (Lipinski definition) is 1. The minimum atomic E-state index is 0.179. The van der Waals surface area contributed by atoms with Crippen LogP contribution in [0.3, 0.4) is 0 Å². The van der Waals surface area contributed by atoms with Crippen molar-refractivity contribution in [1.82, 2.24) is 5.32 Å². The fraction of sp³-hybridized carbons (Fsp3) is 0.273. The molecule has 0 aliphatic carbocycles. The molecule has 1 aromatic rings. The Morgan fingerprint density at radius 1 is 1.50 bits per heavy atom. The van der Waals surface area contributed by atoms with Crippen molar-refractivity contribution >= 4 is 23.2 Å². The number of nitrogens with one attached hydrogen (secondary N) is 1. The van der Waals surface area contributed by atoms with Gasteiger partial charge in [-0.05, 0) is 37.2 Å². The molecule has 0 heterocycles. The molecule has 0 aromatic heterocycles. The maximum Gasteiger partial charge on any atom is 0.0454 e. The van der Waals surface area contributed by atoms with E-state index in [2.05, 4.69) is 11.9 Å². The molecule has 76 valence electrons. The summed E-state index contributed by atoms with van der Waals surface area (Å²) in [6.45, 7) is 3.71. The summed E-state index contributed by atoms with van der Waals surface area (Å²) < 4.78 is 0. The lowest BCUT2D eigenvalue weighted by Gasteiger charge is -2.16. The lowest BCUT2D eigenvalue weighted by molar-refractivity contribution is 0.604. The molecule has 0 radical (unpaired) electrons. The van der Waals surface area contributed by atoms with Crippen LogP contribution in [-0.4, -0.2) is 7.05 Å². The second-order valence-electron chi connectivity index (χ2n) is 3.03. The van der Waals surface area contributed by atoms with Gasteiger partial charge in [0.05, 0.1) is 0 Å². The standard InChI is InChI=1S/C11H13Cl2N/c1-3-4-11(14-2)9-7-8(12)5-6-10(9)13/h3,5-7,11,14H,1,4H2,2H3. The van der Waals surface area contributed by atoms with Crippen LogP contribution in [-0.2, 0) is 0 Å². The van der Waals surface area contributed by atoms with Gasteiger partial charge in [-0.2, -0.15) is 0 Å². The summed E-state index contributed by atoms with van der Waals surface area (Å²) in [5, 5.41) is 4.61. The van der Waals surface area contributed by atoms with Crippen molar-refractivity contribution in [2.24, 2.45) is 0 Å². The van der Waals surface area contributed by atoms with Crippen molar-refractivity contribution in [1.29, 1.82) is 0 Å². The van der Waals surface area contributed by atoms with Gasteiger partial charge in [-0.15, -0.1) is 6.58 Å². The summed E-state index contributed by atoms with van der Waals surface area (Å²) in [4.78, 5) is 0. The first kappa shape index (κ1) is 11.6. The van der Waals surface area contributed by atoms with Crippen LogP contribution < -0.4 is 5.32 Å². The minimum Gasteiger partial charge on any atom is -0.313 e. The number of halogens is 2. The van der Waals surface area contributed by atoms with Crippen molar-refractivity contribution in [2.75, 3.05) is 7.05 Å². The lowest BCUT2D eigenvalue weighted by Crippen LogP contribution is -2.15. The summed E-state index contributed by atoms with van der Waals surface area (Å²) >= 11 is 12.0. The Labute approximate surface area is 94.7 Å². The highest BCUT2D eigenvalue weighted by Gasteiger charge is 2.11. The molecule has 1 N–H and O–H groups in total. The second-order valence-corrected chi connectivity index (χ2v) is 3.88. The molecule has 1 nitrogen and oxygen atoms in total. The van der Waals surface area contributed by atoms with Crippen LogP contribution in [0.25, 0.3) is 0 Å². The molecule has 0 aliphatic heterocycles. The third-order valence-electron chi connectivity index (χ3n) is 2.08. The Morgan fingerprint density at radius 3 is 2.79 bits per heavy atom. The van der Waals surface area contributed by atoms with Crippen LogP contribution in [0.1, 0.15) is 18.0 Å². The van der Waals surface area contributed by atoms with Crippen molar-refractivity contribution < 1.29 is 0 Å². The average Bonchev–Trinajstić information content (AvgIpc) is 2.18. The zero-order valence-electron chi connectivity index (χ0n) is 8.06. The van der Waals surface area contributed by atoms with Crippen molar-refractivity contribution in [2.45, 2.75) is 12.5 Å². The van der Waals surface area contributed by atoms with E-state index in [0.717, 1.165) is 17.0 Å². The highest BCUT2D eigenvalue weighted by atomic mass is 35.5. The number of benzene rings is 1. The summed E-state index contributed by atoms with van der Waals surface area (Å²) in [6.07, 6.45) is 2.69. The normalized spacial score (nSPS) is 12.5. The Bertz CT molecular complexity index is 323. The first-order valence-corrected chi connectivity index (χ1v) is 5.17. The van der Waals surface area contributed by atoms with E-state index in [1.807, 2.05) is 25.3 Å². The van der Waals surface area contributed by atoms with Gasteiger partial charge in [-0.3, -0.25) is 0 Å². The van der Waals surface area contributed by atoms with Gasteiger partial charge in [-0.1, -0.05) is 29.3 Å². The molecular formula is C11H13Cl2N. The van der Waals surface area contributed by atoms with Crippen LogP contribution in [0, 0.1) is 0 Å². The molecule has 0 aliphatic rings. The Balaban J connectivity index is 3.01. The zero-order valence-corrected chi connectivity index (χ0v) is 9.57. The van der Waals surface area contributed by atoms with Gasteiger partial charge in [0.1, 0.15) is 0 Å². The summed E-state index contributed by atoms with van der Waals surface area (Å²) in [6, 6.07) is 5.66. The number of hydrogen-bond acceptors (Lipinski definition) is 1. The smallest absolute Gasteiger partial charge is 0.0454 e. The highest BCUT2D eigenvalue weighted by Crippen LogP contribution is 2.28. The molecule has 0 saturated heterocycles. The maximum atomic E-state index is 6.07. The van der Waals surface area contributed by atoms with Crippen molar-refractivity contribution in [3.8, 4) is 0 Å². The van der Waals surface area contributed by atoms with Gasteiger partial charge in [-0.25, -0.2) is 0 Å². The molecule has 0 spiro atoms. The Morgan fingerprint density at radius 2 is 2.21 bits per heavy atom. The molecule has 1 rings (SSSR count). The van der Waals surface area contributed by atoms with Gasteiger partial charge in [0, 0.05) is 16.1 Å².